The summed E-state index contributed by atoms with van der Waals surface area (Å²) < 4.78 is 14.9. The van der Waals surface area contributed by atoms with Gasteiger partial charge in [0.2, 0.25) is 0 Å². The first kappa shape index (κ1) is 19.1. The van der Waals surface area contributed by atoms with E-state index in [4.69, 9.17) is 5.73 Å². The van der Waals surface area contributed by atoms with Gasteiger partial charge in [-0.1, -0.05) is 6.07 Å². The monoisotopic (exact) mass is 458 g/mol. The van der Waals surface area contributed by atoms with Crippen molar-refractivity contribution in [1.29, 1.82) is 0 Å². The number of halogens is 3. The number of benzene rings is 1. The summed E-state index contributed by atoms with van der Waals surface area (Å²) in [5.41, 5.74) is 6.45. The number of amidine groups is 1. The van der Waals surface area contributed by atoms with Crippen molar-refractivity contribution in [3.63, 3.8) is 0 Å². The smallest absolute Gasteiger partial charge is 0.263 e. The molecule has 1 spiro atoms. The van der Waals surface area contributed by atoms with Gasteiger partial charge in [0.1, 0.15) is 17.3 Å². The molecule has 4 rings (SSSR count). The molecule has 3 heterocycles. The highest BCUT2D eigenvalue weighted by Gasteiger charge is 2.39. The fourth-order valence-electron chi connectivity index (χ4n) is 3.35. The second-order valence-electron chi connectivity index (χ2n) is 6.24. The molecule has 2 aliphatic rings. The first-order chi connectivity index (χ1) is 12.0. The Morgan fingerprint density at radius 2 is 2.12 bits per heavy atom. The van der Waals surface area contributed by atoms with Crippen molar-refractivity contribution in [3.8, 4) is 0 Å². The number of nitrogens with two attached hydrogens (primary N) is 1. The van der Waals surface area contributed by atoms with E-state index in [2.05, 4.69) is 26.2 Å². The van der Waals surface area contributed by atoms with Crippen LogP contribution in [0.3, 0.4) is 0 Å². The molecule has 1 amide bonds. The number of amides is 1. The van der Waals surface area contributed by atoms with Gasteiger partial charge in [-0.25, -0.2) is 9.38 Å². The highest BCUT2D eigenvalue weighted by atomic mass is 79.9. The van der Waals surface area contributed by atoms with Crippen LogP contribution >= 0.6 is 39.7 Å². The molecular formula is C17H17BrClFN4OS. The van der Waals surface area contributed by atoms with Crippen molar-refractivity contribution in [2.24, 2.45) is 10.7 Å². The van der Waals surface area contributed by atoms with Crippen LogP contribution < -0.4 is 11.1 Å². The number of piperidine rings is 1. The van der Waals surface area contributed by atoms with Crippen LogP contribution in [-0.4, -0.2) is 35.4 Å². The minimum atomic E-state index is -0.572. The van der Waals surface area contributed by atoms with E-state index in [1.165, 1.54) is 17.4 Å². The van der Waals surface area contributed by atoms with Gasteiger partial charge < -0.3 is 16.0 Å². The van der Waals surface area contributed by atoms with Gasteiger partial charge in [-0.15, -0.1) is 23.7 Å². The second kappa shape index (κ2) is 7.17. The zero-order chi connectivity index (χ0) is 17.6. The number of likely N-dealkylation sites (tertiary alicyclic amines) is 1. The van der Waals surface area contributed by atoms with E-state index >= 15 is 0 Å². The molecule has 2 aromatic rings. The summed E-state index contributed by atoms with van der Waals surface area (Å²) in [6.07, 6.45) is 1.25. The van der Waals surface area contributed by atoms with Crippen molar-refractivity contribution in [1.82, 2.24) is 4.90 Å². The van der Waals surface area contributed by atoms with Gasteiger partial charge in [-0.2, -0.15) is 0 Å². The fraction of sp³-hybridized carbons (Fsp3) is 0.294. The molecule has 0 radical (unpaired) electrons. The van der Waals surface area contributed by atoms with Gasteiger partial charge in [0.15, 0.2) is 0 Å². The number of nitrogens with zero attached hydrogens (tertiary/aromatic N) is 2. The maximum absolute atomic E-state index is 14.0. The Bertz CT molecular complexity index is 879. The summed E-state index contributed by atoms with van der Waals surface area (Å²) >= 11 is 4.81. The number of carbonyl (C=O) groups is 1. The number of hydrogen-bond donors (Lipinski definition) is 2. The SMILES string of the molecule is Cl.NC1=NC2(CCN(C(=O)c3cc(Br)cs3)CC2)Nc2cccc(F)c21. The van der Waals surface area contributed by atoms with E-state index in [1.54, 1.807) is 6.07 Å². The van der Waals surface area contributed by atoms with E-state index < -0.39 is 5.66 Å². The third kappa shape index (κ3) is 3.33. The van der Waals surface area contributed by atoms with Crippen LogP contribution in [0.1, 0.15) is 28.1 Å². The van der Waals surface area contributed by atoms with Crippen LogP contribution in [0.25, 0.3) is 0 Å². The summed E-state index contributed by atoms with van der Waals surface area (Å²) in [5, 5.41) is 5.24. The summed E-state index contributed by atoms with van der Waals surface area (Å²) in [6, 6.07) is 6.68. The molecule has 0 saturated carbocycles. The van der Waals surface area contributed by atoms with Gasteiger partial charge in [-0.05, 0) is 34.1 Å². The highest BCUT2D eigenvalue weighted by Crippen LogP contribution is 2.35. The maximum Gasteiger partial charge on any atom is 0.263 e. The number of aliphatic imine (C=N–C) groups is 1. The molecule has 9 heteroatoms. The lowest BCUT2D eigenvalue weighted by Gasteiger charge is -2.42. The Balaban J connectivity index is 0.00000196. The largest absolute Gasteiger partial charge is 0.383 e. The number of thiophene rings is 1. The average Bonchev–Trinajstić information content (AvgIpc) is 3.01. The van der Waals surface area contributed by atoms with Crippen molar-refractivity contribution < 1.29 is 9.18 Å². The zero-order valence-corrected chi connectivity index (χ0v) is 16.9. The van der Waals surface area contributed by atoms with E-state index in [0.717, 1.165) is 9.35 Å². The molecule has 3 N–H and O–H groups in total. The lowest BCUT2D eigenvalue weighted by Crippen LogP contribution is -2.52. The number of rotatable bonds is 1. The number of anilines is 1. The number of nitrogens with one attached hydrogen (secondary N) is 1. The van der Waals surface area contributed by atoms with Gasteiger partial charge in [0.25, 0.3) is 5.91 Å². The molecule has 1 aromatic heterocycles. The van der Waals surface area contributed by atoms with Crippen LogP contribution in [-0.2, 0) is 0 Å². The van der Waals surface area contributed by atoms with Crippen LogP contribution in [0.5, 0.6) is 0 Å². The molecule has 1 saturated heterocycles. The van der Waals surface area contributed by atoms with Gasteiger partial charge >= 0.3 is 0 Å². The van der Waals surface area contributed by atoms with Crippen LogP contribution in [0.15, 0.2) is 39.1 Å². The molecule has 0 atom stereocenters. The van der Waals surface area contributed by atoms with E-state index in [1.807, 2.05) is 22.4 Å². The molecule has 5 nitrogen and oxygen atoms in total. The molecule has 138 valence electrons. The summed E-state index contributed by atoms with van der Waals surface area (Å²) in [7, 11) is 0. The summed E-state index contributed by atoms with van der Waals surface area (Å²) in [4.78, 5) is 19.7. The fourth-order valence-corrected chi connectivity index (χ4v) is 4.74. The minimum absolute atomic E-state index is 0. The van der Waals surface area contributed by atoms with Crippen molar-refractivity contribution in [3.05, 3.63) is 50.4 Å². The van der Waals surface area contributed by atoms with Crippen LogP contribution in [0.4, 0.5) is 10.1 Å². The maximum atomic E-state index is 14.0. The van der Waals surface area contributed by atoms with E-state index in [0.29, 0.717) is 37.2 Å². The highest BCUT2D eigenvalue weighted by molar-refractivity contribution is 9.10. The van der Waals surface area contributed by atoms with Crippen molar-refractivity contribution >= 4 is 57.1 Å². The Morgan fingerprint density at radius 1 is 1.38 bits per heavy atom. The molecule has 26 heavy (non-hydrogen) atoms. The quantitative estimate of drug-likeness (QED) is 0.681. The third-order valence-electron chi connectivity index (χ3n) is 4.63. The number of carbonyl (C=O) groups excluding carboxylic acids is 1. The average molecular weight is 460 g/mol. The molecule has 2 aliphatic heterocycles. The molecule has 0 bridgehead atoms. The van der Waals surface area contributed by atoms with Crippen molar-refractivity contribution in [2.75, 3.05) is 18.4 Å². The number of hydrogen-bond acceptors (Lipinski definition) is 5. The first-order valence-electron chi connectivity index (χ1n) is 7.93. The number of fused-ring (bicyclic) bond motifs is 1. The molecule has 0 aliphatic carbocycles. The van der Waals surface area contributed by atoms with Crippen LogP contribution in [0, 0.1) is 5.82 Å². The van der Waals surface area contributed by atoms with Crippen molar-refractivity contribution in [2.45, 2.75) is 18.5 Å². The molecule has 0 unspecified atom stereocenters. The Hall–Kier alpha value is -1.64. The molecule has 1 fully saturated rings. The Kier molecular flexibility index (Phi) is 5.28. The Labute approximate surface area is 169 Å². The van der Waals surface area contributed by atoms with Gasteiger partial charge in [0, 0.05) is 41.5 Å². The standard InChI is InChI=1S/C17H16BrFN4OS.ClH/c18-10-8-13(25-9-10)16(24)23-6-4-17(5-7-23)21-12-3-1-2-11(19)14(12)15(20)22-17;/h1-3,8-9,21H,4-7H2,(H2,20,22);1H. The summed E-state index contributed by atoms with van der Waals surface area (Å²) in [6.45, 7) is 1.14. The molecule has 1 aromatic carbocycles. The van der Waals surface area contributed by atoms with Gasteiger partial charge in [-0.3, -0.25) is 4.79 Å². The minimum Gasteiger partial charge on any atom is -0.383 e. The topological polar surface area (TPSA) is 70.7 Å². The van der Waals surface area contributed by atoms with Crippen LogP contribution in [0.2, 0.25) is 0 Å². The lowest BCUT2D eigenvalue weighted by molar-refractivity contribution is 0.0690. The van der Waals surface area contributed by atoms with E-state index in [9.17, 15) is 9.18 Å². The zero-order valence-electron chi connectivity index (χ0n) is 13.7. The second-order valence-corrected chi connectivity index (χ2v) is 8.06. The predicted octanol–water partition coefficient (Wildman–Crippen LogP) is 3.83. The molecular weight excluding hydrogens is 443 g/mol. The third-order valence-corrected chi connectivity index (χ3v) is 6.31. The predicted molar refractivity (Wildman–Crippen MR) is 108 cm³/mol. The first-order valence-corrected chi connectivity index (χ1v) is 9.60. The Morgan fingerprint density at radius 3 is 2.77 bits per heavy atom. The summed E-state index contributed by atoms with van der Waals surface area (Å²) in [5.74, 6) is -0.129. The normalized spacial score (nSPS) is 17.8. The van der Waals surface area contributed by atoms with E-state index in [-0.39, 0.29) is 30.0 Å². The lowest BCUT2D eigenvalue weighted by atomic mass is 9.93. The van der Waals surface area contributed by atoms with Gasteiger partial charge in [0.05, 0.1) is 10.4 Å².